The number of hydrogen-bond donors (Lipinski definition) is 3. The van der Waals surface area contributed by atoms with Gasteiger partial charge in [-0.25, -0.2) is 13.8 Å². The Morgan fingerprint density at radius 1 is 1.30 bits per heavy atom. The highest BCUT2D eigenvalue weighted by Crippen LogP contribution is 2.30. The number of carbonyl (C=O) groups excluding carboxylic acids is 2. The van der Waals surface area contributed by atoms with E-state index in [9.17, 15) is 18.4 Å². The van der Waals surface area contributed by atoms with Gasteiger partial charge in [-0.3, -0.25) is 9.59 Å². The molecule has 0 saturated carbocycles. The van der Waals surface area contributed by atoms with Gasteiger partial charge in [0.25, 0.3) is 5.91 Å². The van der Waals surface area contributed by atoms with Crippen LogP contribution in [0, 0.1) is 11.6 Å². The zero-order chi connectivity index (χ0) is 20.0. The van der Waals surface area contributed by atoms with Crippen LogP contribution in [-0.2, 0) is 9.59 Å². The Morgan fingerprint density at radius 2 is 1.96 bits per heavy atom. The van der Waals surface area contributed by atoms with Crippen molar-refractivity contribution in [2.24, 2.45) is 16.6 Å². The third-order valence-corrected chi connectivity index (χ3v) is 4.01. The van der Waals surface area contributed by atoms with Gasteiger partial charge in [-0.05, 0) is 24.1 Å². The predicted octanol–water partition coefficient (Wildman–Crippen LogP) is 1.44. The van der Waals surface area contributed by atoms with Gasteiger partial charge in [0.15, 0.2) is 0 Å². The Balaban J connectivity index is 1.92. The molecular weight excluding hydrogens is 356 g/mol. The molecule has 1 unspecified atom stereocenters. The molecule has 0 spiro atoms. The summed E-state index contributed by atoms with van der Waals surface area (Å²) in [5.74, 6) is -2.41. The third-order valence-electron chi connectivity index (χ3n) is 4.01. The molecule has 0 aromatic heterocycles. The molecule has 1 aromatic rings. The molecule has 0 saturated heterocycles. The van der Waals surface area contributed by atoms with Gasteiger partial charge in [-0.1, -0.05) is 12.2 Å². The smallest absolute Gasteiger partial charge is 0.266 e. The van der Waals surface area contributed by atoms with Gasteiger partial charge >= 0.3 is 0 Å². The van der Waals surface area contributed by atoms with E-state index in [1.54, 1.807) is 0 Å². The van der Waals surface area contributed by atoms with Crippen molar-refractivity contribution in [3.8, 4) is 0 Å². The van der Waals surface area contributed by atoms with Crippen molar-refractivity contribution in [1.82, 2.24) is 10.3 Å². The summed E-state index contributed by atoms with van der Waals surface area (Å²) in [6, 6.07) is 2.61. The molecule has 1 aliphatic rings. The lowest BCUT2D eigenvalue weighted by Crippen LogP contribution is -2.29. The van der Waals surface area contributed by atoms with Crippen LogP contribution in [0.2, 0.25) is 0 Å². The van der Waals surface area contributed by atoms with Crippen LogP contribution in [0.5, 0.6) is 0 Å². The van der Waals surface area contributed by atoms with E-state index in [0.717, 1.165) is 12.3 Å². The van der Waals surface area contributed by atoms with Gasteiger partial charge in [-0.2, -0.15) is 5.10 Å². The topological polar surface area (TPSA) is 114 Å². The second-order valence-corrected chi connectivity index (χ2v) is 6.04. The molecule has 7 nitrogen and oxygen atoms in total. The molecule has 0 aliphatic carbocycles. The van der Waals surface area contributed by atoms with Crippen LogP contribution in [0.4, 0.5) is 8.78 Å². The Hall–Kier alpha value is -3.23. The van der Waals surface area contributed by atoms with E-state index in [2.05, 4.69) is 17.0 Å². The van der Waals surface area contributed by atoms with Crippen molar-refractivity contribution in [2.75, 3.05) is 6.54 Å². The number of primary amides is 1. The number of nitrogens with zero attached hydrogens (tertiary/aromatic N) is 2. The SMILES string of the molecule is C=C(CCC(=O)N1N=CCC1c1cc(F)cc(F)c1)CN/C(=C\N)C(N)=O. The first-order valence-corrected chi connectivity index (χ1v) is 8.24. The fraction of sp³-hybridized carbons (Fsp3) is 0.278. The standard InChI is InChI=1S/C18H21F2N5O2/c1-11(10-23-15(9-21)18(22)27)2-3-17(26)25-16(4-5-24-25)12-6-13(19)8-14(20)7-12/h5-9,16,23H,1-4,10,21H2,(H2,22,27)/b15-9-. The minimum Gasteiger partial charge on any atom is -0.403 e. The highest BCUT2D eigenvalue weighted by molar-refractivity contribution is 5.91. The molecule has 0 radical (unpaired) electrons. The average Bonchev–Trinajstić information content (AvgIpc) is 3.09. The number of carbonyl (C=O) groups is 2. The normalized spacial score (nSPS) is 16.4. The number of rotatable bonds is 8. The molecule has 1 atom stereocenters. The lowest BCUT2D eigenvalue weighted by molar-refractivity contribution is -0.133. The summed E-state index contributed by atoms with van der Waals surface area (Å²) < 4.78 is 26.9. The van der Waals surface area contributed by atoms with Crippen LogP contribution in [0.3, 0.4) is 0 Å². The molecule has 2 amide bonds. The lowest BCUT2D eigenvalue weighted by atomic mass is 10.0. The van der Waals surface area contributed by atoms with E-state index >= 15 is 0 Å². The van der Waals surface area contributed by atoms with Crippen LogP contribution in [0.25, 0.3) is 0 Å². The van der Waals surface area contributed by atoms with Gasteiger partial charge in [-0.15, -0.1) is 0 Å². The predicted molar refractivity (Wildman–Crippen MR) is 96.9 cm³/mol. The number of nitrogens with two attached hydrogens (primary N) is 2. The maximum Gasteiger partial charge on any atom is 0.266 e. The number of hydrazone groups is 1. The minimum absolute atomic E-state index is 0.0554. The summed E-state index contributed by atoms with van der Waals surface area (Å²) in [4.78, 5) is 23.5. The zero-order valence-corrected chi connectivity index (χ0v) is 14.6. The number of benzene rings is 1. The highest BCUT2D eigenvalue weighted by atomic mass is 19.1. The molecule has 0 bridgehead atoms. The molecular formula is C18H21F2N5O2. The Bertz CT molecular complexity index is 787. The molecule has 9 heteroatoms. The van der Waals surface area contributed by atoms with Crippen LogP contribution in [0.1, 0.15) is 30.9 Å². The van der Waals surface area contributed by atoms with Crippen molar-refractivity contribution in [3.05, 3.63) is 59.4 Å². The van der Waals surface area contributed by atoms with Crippen LogP contribution in [0.15, 0.2) is 47.3 Å². The quantitative estimate of drug-likeness (QED) is 0.470. The number of halogens is 2. The Labute approximate surface area is 155 Å². The summed E-state index contributed by atoms with van der Waals surface area (Å²) in [5, 5.41) is 7.98. The minimum atomic E-state index is -0.707. The number of nitrogens with one attached hydrogen (secondary N) is 1. The van der Waals surface area contributed by atoms with Crippen LogP contribution in [-0.4, -0.2) is 29.6 Å². The second-order valence-electron chi connectivity index (χ2n) is 6.04. The third kappa shape index (κ3) is 5.37. The molecule has 5 N–H and O–H groups in total. The summed E-state index contributed by atoms with van der Waals surface area (Å²) >= 11 is 0. The van der Waals surface area contributed by atoms with Crippen molar-refractivity contribution in [3.63, 3.8) is 0 Å². The zero-order valence-electron chi connectivity index (χ0n) is 14.6. The maximum absolute atomic E-state index is 13.5. The van der Waals surface area contributed by atoms with E-state index < -0.39 is 23.6 Å². The number of hydrogen-bond acceptors (Lipinski definition) is 5. The van der Waals surface area contributed by atoms with Crippen LogP contribution < -0.4 is 16.8 Å². The van der Waals surface area contributed by atoms with Gasteiger partial charge in [0, 0.05) is 37.9 Å². The molecule has 1 aliphatic heterocycles. The van der Waals surface area contributed by atoms with E-state index in [0.29, 0.717) is 24.0 Å². The van der Waals surface area contributed by atoms with Gasteiger partial charge in [0.1, 0.15) is 17.3 Å². The first-order chi connectivity index (χ1) is 12.8. The molecule has 2 rings (SSSR count). The van der Waals surface area contributed by atoms with Crippen LogP contribution >= 0.6 is 0 Å². The van der Waals surface area contributed by atoms with E-state index in [1.807, 2.05) is 0 Å². The molecule has 0 fully saturated rings. The van der Waals surface area contributed by atoms with E-state index in [1.165, 1.54) is 23.4 Å². The number of amides is 2. The van der Waals surface area contributed by atoms with Crippen molar-refractivity contribution < 1.29 is 18.4 Å². The van der Waals surface area contributed by atoms with Crippen molar-refractivity contribution >= 4 is 18.0 Å². The highest BCUT2D eigenvalue weighted by Gasteiger charge is 2.28. The van der Waals surface area contributed by atoms with Crippen molar-refractivity contribution in [1.29, 1.82) is 0 Å². The summed E-state index contributed by atoms with van der Waals surface area (Å²) in [6.45, 7) is 4.05. The molecule has 1 aromatic carbocycles. The fourth-order valence-electron chi connectivity index (χ4n) is 2.63. The van der Waals surface area contributed by atoms with Crippen molar-refractivity contribution in [2.45, 2.75) is 25.3 Å². The van der Waals surface area contributed by atoms with Gasteiger partial charge in [0.05, 0.1) is 6.04 Å². The molecule has 144 valence electrons. The Kier molecular flexibility index (Phi) is 6.64. The average molecular weight is 377 g/mol. The second kappa shape index (κ2) is 8.93. The fourth-order valence-corrected chi connectivity index (χ4v) is 2.63. The first kappa shape index (κ1) is 20.1. The largest absolute Gasteiger partial charge is 0.403 e. The lowest BCUT2D eigenvalue weighted by Gasteiger charge is -2.22. The van der Waals surface area contributed by atoms with Gasteiger partial charge in [0.2, 0.25) is 5.91 Å². The molecule has 27 heavy (non-hydrogen) atoms. The first-order valence-electron chi connectivity index (χ1n) is 8.24. The van der Waals surface area contributed by atoms with E-state index in [4.69, 9.17) is 11.5 Å². The summed E-state index contributed by atoms with van der Waals surface area (Å²) in [7, 11) is 0. The Morgan fingerprint density at radius 3 is 2.56 bits per heavy atom. The monoisotopic (exact) mass is 377 g/mol. The molecule has 1 heterocycles. The summed E-state index contributed by atoms with van der Waals surface area (Å²) in [5.41, 5.74) is 11.4. The van der Waals surface area contributed by atoms with E-state index in [-0.39, 0.29) is 24.6 Å². The summed E-state index contributed by atoms with van der Waals surface area (Å²) in [6.07, 6.45) is 3.40. The maximum atomic E-state index is 13.5. The van der Waals surface area contributed by atoms with Gasteiger partial charge < -0.3 is 16.8 Å².